The molecule has 88 valence electrons. The van der Waals surface area contributed by atoms with E-state index in [1.54, 1.807) is 11.3 Å². The number of thiophene rings is 1. The fourth-order valence-corrected chi connectivity index (χ4v) is 2.61. The van der Waals surface area contributed by atoms with Gasteiger partial charge in [0.05, 0.1) is 0 Å². The van der Waals surface area contributed by atoms with Gasteiger partial charge in [-0.3, -0.25) is 4.79 Å². The van der Waals surface area contributed by atoms with Crippen molar-refractivity contribution in [3.8, 4) is 0 Å². The Bertz CT molecular complexity index is 562. The molecule has 0 unspecified atom stereocenters. The molecule has 2 aromatic rings. The molecule has 1 aromatic carbocycles. The number of carbonyl (C=O) groups excluding carboxylic acids is 1. The predicted molar refractivity (Wildman–Crippen MR) is 66.2 cm³/mol. The smallest absolute Gasteiger partial charge is 0.394 e. The summed E-state index contributed by atoms with van der Waals surface area (Å²) in [5.74, 6) is -2.40. The Labute approximate surface area is 102 Å². The number of nitrogens with one attached hydrogen (secondary N) is 1. The third kappa shape index (κ3) is 2.62. The Morgan fingerprint density at radius 2 is 2.06 bits per heavy atom. The largest absolute Gasteiger partial charge is 0.474 e. The Morgan fingerprint density at radius 1 is 1.29 bits per heavy atom. The number of hydrogen-bond donors (Lipinski definition) is 2. The summed E-state index contributed by atoms with van der Waals surface area (Å²) in [7, 11) is 0. The number of carboxylic acid groups (broad SMARTS) is 1. The molecule has 0 aliphatic carbocycles. The number of carbonyl (C=O) groups is 2. The second-order valence-electron chi connectivity index (χ2n) is 3.57. The Morgan fingerprint density at radius 3 is 2.82 bits per heavy atom. The van der Waals surface area contributed by atoms with Crippen molar-refractivity contribution in [2.24, 2.45) is 0 Å². The maximum Gasteiger partial charge on any atom is 0.394 e. The normalized spacial score (nSPS) is 10.4. The van der Waals surface area contributed by atoms with Crippen molar-refractivity contribution in [3.63, 3.8) is 0 Å². The number of fused-ring (bicyclic) bond motifs is 1. The van der Waals surface area contributed by atoms with Crippen LogP contribution in [0.3, 0.4) is 0 Å². The number of benzene rings is 1. The number of hydrogen-bond acceptors (Lipinski definition) is 3. The lowest BCUT2D eigenvalue weighted by atomic mass is 10.1. The molecule has 2 N–H and O–H groups in total. The molecule has 0 bridgehead atoms. The van der Waals surface area contributed by atoms with Crippen molar-refractivity contribution < 1.29 is 14.7 Å². The van der Waals surface area contributed by atoms with Crippen molar-refractivity contribution >= 4 is 33.3 Å². The van der Waals surface area contributed by atoms with Gasteiger partial charge in [-0.2, -0.15) is 0 Å². The fraction of sp³-hybridized carbons (Fsp3) is 0.167. The van der Waals surface area contributed by atoms with Gasteiger partial charge in [-0.15, -0.1) is 11.3 Å². The van der Waals surface area contributed by atoms with Crippen LogP contribution in [0.5, 0.6) is 0 Å². The van der Waals surface area contributed by atoms with E-state index >= 15 is 0 Å². The van der Waals surface area contributed by atoms with Gasteiger partial charge in [-0.25, -0.2) is 4.79 Å². The van der Waals surface area contributed by atoms with Gasteiger partial charge in [0.2, 0.25) is 0 Å². The molecule has 1 heterocycles. The molecule has 17 heavy (non-hydrogen) atoms. The fourth-order valence-electron chi connectivity index (χ4n) is 1.61. The summed E-state index contributed by atoms with van der Waals surface area (Å²) >= 11 is 1.65. The molecule has 4 nitrogen and oxygen atoms in total. The average molecular weight is 249 g/mol. The minimum atomic E-state index is -1.44. The van der Waals surface area contributed by atoms with Crippen LogP contribution < -0.4 is 5.32 Å². The molecule has 2 rings (SSSR count). The molecular weight excluding hydrogens is 238 g/mol. The quantitative estimate of drug-likeness (QED) is 0.813. The molecule has 5 heteroatoms. The molecule has 0 spiro atoms. The van der Waals surface area contributed by atoms with Crippen LogP contribution in [0.1, 0.15) is 5.56 Å². The molecule has 0 saturated heterocycles. The highest BCUT2D eigenvalue weighted by atomic mass is 32.1. The summed E-state index contributed by atoms with van der Waals surface area (Å²) in [5, 5.41) is 14.0. The van der Waals surface area contributed by atoms with Crippen LogP contribution >= 0.6 is 11.3 Å². The van der Waals surface area contributed by atoms with E-state index in [1.165, 1.54) is 10.1 Å². The molecule has 0 radical (unpaired) electrons. The van der Waals surface area contributed by atoms with Gasteiger partial charge in [0, 0.05) is 11.2 Å². The summed E-state index contributed by atoms with van der Waals surface area (Å²) in [6.45, 7) is 0.339. The zero-order valence-corrected chi connectivity index (χ0v) is 9.79. The summed E-state index contributed by atoms with van der Waals surface area (Å²) in [6, 6.07) is 8.02. The monoisotopic (exact) mass is 249 g/mol. The van der Waals surface area contributed by atoms with Gasteiger partial charge in [-0.05, 0) is 28.8 Å². The SMILES string of the molecule is O=C(O)C(=O)NCCc1csc2ccccc12. The van der Waals surface area contributed by atoms with Crippen LogP contribution in [0.4, 0.5) is 0 Å². The Balaban J connectivity index is 2.00. The molecule has 1 aromatic heterocycles. The Kier molecular flexibility index (Phi) is 3.39. The van der Waals surface area contributed by atoms with E-state index in [-0.39, 0.29) is 0 Å². The van der Waals surface area contributed by atoms with Crippen molar-refractivity contribution in [1.29, 1.82) is 0 Å². The maximum absolute atomic E-state index is 10.8. The lowest BCUT2D eigenvalue weighted by Crippen LogP contribution is -2.32. The van der Waals surface area contributed by atoms with Crippen LogP contribution in [-0.4, -0.2) is 23.5 Å². The summed E-state index contributed by atoms with van der Waals surface area (Å²) in [6.07, 6.45) is 0.642. The molecule has 0 fully saturated rings. The minimum absolute atomic E-state index is 0.339. The highest BCUT2D eigenvalue weighted by molar-refractivity contribution is 7.17. The third-order valence-electron chi connectivity index (χ3n) is 2.44. The predicted octanol–water partition coefficient (Wildman–Crippen LogP) is 1.64. The van der Waals surface area contributed by atoms with E-state index in [0.717, 1.165) is 5.56 Å². The Hall–Kier alpha value is -1.88. The second kappa shape index (κ2) is 4.97. The highest BCUT2D eigenvalue weighted by Crippen LogP contribution is 2.25. The first-order chi connectivity index (χ1) is 8.18. The van der Waals surface area contributed by atoms with Gasteiger partial charge in [0.15, 0.2) is 0 Å². The third-order valence-corrected chi connectivity index (χ3v) is 3.45. The average Bonchev–Trinajstić information content (AvgIpc) is 2.72. The van der Waals surface area contributed by atoms with Crippen molar-refractivity contribution in [2.75, 3.05) is 6.54 Å². The number of aliphatic carboxylic acids is 1. The lowest BCUT2D eigenvalue weighted by molar-refractivity contribution is -0.150. The van der Waals surface area contributed by atoms with E-state index in [0.29, 0.717) is 13.0 Å². The van der Waals surface area contributed by atoms with E-state index in [2.05, 4.69) is 5.32 Å². The molecule has 0 atom stereocenters. The van der Waals surface area contributed by atoms with Crippen LogP contribution in [0, 0.1) is 0 Å². The summed E-state index contributed by atoms with van der Waals surface area (Å²) in [5.41, 5.74) is 1.14. The van der Waals surface area contributed by atoms with Crippen LogP contribution in [0.25, 0.3) is 10.1 Å². The van der Waals surface area contributed by atoms with Crippen molar-refractivity contribution in [2.45, 2.75) is 6.42 Å². The number of rotatable bonds is 3. The molecule has 0 aliphatic heterocycles. The first-order valence-electron chi connectivity index (χ1n) is 5.14. The van der Waals surface area contributed by atoms with E-state index in [9.17, 15) is 9.59 Å². The van der Waals surface area contributed by atoms with Crippen LogP contribution in [-0.2, 0) is 16.0 Å². The zero-order valence-electron chi connectivity index (χ0n) is 8.97. The van der Waals surface area contributed by atoms with Gasteiger partial charge in [0.25, 0.3) is 0 Å². The van der Waals surface area contributed by atoms with Crippen molar-refractivity contribution in [3.05, 3.63) is 35.2 Å². The maximum atomic E-state index is 10.8. The van der Waals surface area contributed by atoms with Crippen molar-refractivity contribution in [1.82, 2.24) is 5.32 Å². The van der Waals surface area contributed by atoms with Crippen LogP contribution in [0.15, 0.2) is 29.6 Å². The van der Waals surface area contributed by atoms with E-state index in [4.69, 9.17) is 5.11 Å². The topological polar surface area (TPSA) is 66.4 Å². The lowest BCUT2D eigenvalue weighted by Gasteiger charge is -2.01. The van der Waals surface area contributed by atoms with E-state index < -0.39 is 11.9 Å². The van der Waals surface area contributed by atoms with Gasteiger partial charge < -0.3 is 10.4 Å². The highest BCUT2D eigenvalue weighted by Gasteiger charge is 2.10. The molecular formula is C12H11NO3S. The minimum Gasteiger partial charge on any atom is -0.474 e. The van der Waals surface area contributed by atoms with Crippen LogP contribution in [0.2, 0.25) is 0 Å². The van der Waals surface area contributed by atoms with Gasteiger partial charge >= 0.3 is 11.9 Å². The van der Waals surface area contributed by atoms with Gasteiger partial charge in [0.1, 0.15) is 0 Å². The molecule has 0 saturated carbocycles. The molecule has 0 aliphatic rings. The summed E-state index contributed by atoms with van der Waals surface area (Å²) < 4.78 is 1.20. The summed E-state index contributed by atoms with van der Waals surface area (Å²) in [4.78, 5) is 21.1. The number of carboxylic acids is 1. The second-order valence-corrected chi connectivity index (χ2v) is 4.48. The standard InChI is InChI=1S/C12H11NO3S/c14-11(12(15)16)13-6-5-8-7-17-10-4-2-1-3-9(8)10/h1-4,7H,5-6H2,(H,13,14)(H,15,16). The first kappa shape index (κ1) is 11.6. The number of amides is 1. The van der Waals surface area contributed by atoms with Gasteiger partial charge in [-0.1, -0.05) is 18.2 Å². The zero-order chi connectivity index (χ0) is 12.3. The molecule has 1 amide bonds. The van der Waals surface area contributed by atoms with E-state index in [1.807, 2.05) is 29.6 Å². The first-order valence-corrected chi connectivity index (χ1v) is 6.02.